The third kappa shape index (κ3) is 5.07. The molecule has 0 saturated carbocycles. The van der Waals surface area contributed by atoms with E-state index < -0.39 is 34.1 Å². The fourth-order valence-corrected chi connectivity index (χ4v) is 3.14. The maximum absolute atomic E-state index is 13.7. The molecule has 0 aromatic heterocycles. The lowest BCUT2D eigenvalue weighted by Gasteiger charge is -2.23. The number of anilines is 2. The van der Waals surface area contributed by atoms with E-state index in [-0.39, 0.29) is 17.1 Å². The van der Waals surface area contributed by atoms with Crippen molar-refractivity contribution in [3.05, 3.63) is 48.0 Å². The number of benzene rings is 2. The molecule has 0 aliphatic heterocycles. The SMILES string of the molecule is COc1ccc(N(CC(=O)Nc2ccc(F)cc2F)S(C)(=O)=O)cc1OC. The summed E-state index contributed by atoms with van der Waals surface area (Å²) in [7, 11) is -1.03. The molecule has 0 radical (unpaired) electrons. The molecule has 0 saturated heterocycles. The Kier molecular flexibility index (Phi) is 6.21. The summed E-state index contributed by atoms with van der Waals surface area (Å²) in [5, 5.41) is 2.22. The molecule has 0 bridgehead atoms. The van der Waals surface area contributed by atoms with Gasteiger partial charge >= 0.3 is 0 Å². The van der Waals surface area contributed by atoms with E-state index in [4.69, 9.17) is 9.47 Å². The van der Waals surface area contributed by atoms with Crippen LogP contribution in [0, 0.1) is 11.6 Å². The molecule has 1 amide bonds. The molecule has 0 aliphatic carbocycles. The quantitative estimate of drug-likeness (QED) is 0.772. The molecule has 0 atom stereocenters. The van der Waals surface area contributed by atoms with Gasteiger partial charge in [0, 0.05) is 12.1 Å². The van der Waals surface area contributed by atoms with E-state index >= 15 is 0 Å². The second-order valence-corrected chi connectivity index (χ2v) is 7.39. The monoisotopic (exact) mass is 400 g/mol. The van der Waals surface area contributed by atoms with E-state index in [2.05, 4.69) is 5.32 Å². The molecule has 0 unspecified atom stereocenters. The van der Waals surface area contributed by atoms with E-state index in [1.54, 1.807) is 0 Å². The van der Waals surface area contributed by atoms with Gasteiger partial charge in [-0.1, -0.05) is 0 Å². The van der Waals surface area contributed by atoms with Gasteiger partial charge in [-0.15, -0.1) is 0 Å². The van der Waals surface area contributed by atoms with E-state index in [1.165, 1.54) is 32.4 Å². The van der Waals surface area contributed by atoms with Crippen molar-refractivity contribution in [1.29, 1.82) is 0 Å². The molecule has 146 valence electrons. The minimum atomic E-state index is -3.84. The largest absolute Gasteiger partial charge is 0.493 e. The van der Waals surface area contributed by atoms with Crippen LogP contribution in [0.2, 0.25) is 0 Å². The standard InChI is InChI=1S/C17H18F2N2O5S/c1-25-15-7-5-12(9-16(15)26-2)21(27(3,23)24)10-17(22)20-14-6-4-11(18)8-13(14)19/h4-9H,10H2,1-3H3,(H,20,22). The van der Waals surface area contributed by atoms with Crippen molar-refractivity contribution in [2.45, 2.75) is 0 Å². The third-order valence-corrected chi connectivity index (χ3v) is 4.69. The van der Waals surface area contributed by atoms with Crippen LogP contribution in [0.1, 0.15) is 0 Å². The number of halogens is 2. The lowest BCUT2D eigenvalue weighted by atomic mass is 10.2. The average Bonchev–Trinajstić information content (AvgIpc) is 2.60. The highest BCUT2D eigenvalue weighted by Gasteiger charge is 2.23. The Labute approximate surface area is 155 Å². The highest BCUT2D eigenvalue weighted by molar-refractivity contribution is 7.92. The Morgan fingerprint density at radius 1 is 1.07 bits per heavy atom. The lowest BCUT2D eigenvalue weighted by Crippen LogP contribution is -2.37. The van der Waals surface area contributed by atoms with Gasteiger partial charge in [0.25, 0.3) is 0 Å². The second kappa shape index (κ2) is 8.21. The van der Waals surface area contributed by atoms with E-state index in [0.717, 1.165) is 22.7 Å². The first-order valence-electron chi connectivity index (χ1n) is 7.60. The molecule has 0 heterocycles. The van der Waals surface area contributed by atoms with Gasteiger partial charge in [-0.05, 0) is 24.3 Å². The van der Waals surface area contributed by atoms with Crippen molar-refractivity contribution in [2.24, 2.45) is 0 Å². The summed E-state index contributed by atoms with van der Waals surface area (Å²) in [6.07, 6.45) is 0.926. The van der Waals surface area contributed by atoms with Crippen LogP contribution in [0.5, 0.6) is 11.5 Å². The van der Waals surface area contributed by atoms with Gasteiger partial charge in [0.1, 0.15) is 18.2 Å². The first-order chi connectivity index (χ1) is 12.7. The summed E-state index contributed by atoms with van der Waals surface area (Å²) in [4.78, 5) is 12.2. The predicted octanol–water partition coefficient (Wildman–Crippen LogP) is 2.39. The van der Waals surface area contributed by atoms with Gasteiger partial charge in [-0.25, -0.2) is 17.2 Å². The van der Waals surface area contributed by atoms with Gasteiger partial charge in [-0.2, -0.15) is 0 Å². The number of methoxy groups -OCH3 is 2. The van der Waals surface area contributed by atoms with Gasteiger partial charge in [-0.3, -0.25) is 9.10 Å². The summed E-state index contributed by atoms with van der Waals surface area (Å²) in [5.74, 6) is -1.92. The molecule has 0 spiro atoms. The molecular weight excluding hydrogens is 382 g/mol. The third-order valence-electron chi connectivity index (χ3n) is 3.55. The molecule has 7 nitrogen and oxygen atoms in total. The summed E-state index contributed by atoms with van der Waals surface area (Å²) >= 11 is 0. The number of sulfonamides is 1. The molecule has 1 N–H and O–H groups in total. The zero-order valence-electron chi connectivity index (χ0n) is 14.8. The topological polar surface area (TPSA) is 84.9 Å². The van der Waals surface area contributed by atoms with Crippen molar-refractivity contribution in [2.75, 3.05) is 36.6 Å². The molecule has 2 aromatic carbocycles. The number of carbonyl (C=O) groups excluding carboxylic acids is 1. The van der Waals surface area contributed by atoms with E-state index in [1.807, 2.05) is 0 Å². The normalized spacial score (nSPS) is 11.0. The van der Waals surface area contributed by atoms with Crippen LogP contribution in [0.25, 0.3) is 0 Å². The van der Waals surface area contributed by atoms with Crippen molar-refractivity contribution in [1.82, 2.24) is 0 Å². The number of nitrogens with zero attached hydrogens (tertiary/aromatic N) is 1. The number of rotatable bonds is 7. The Balaban J connectivity index is 2.28. The Morgan fingerprint density at radius 2 is 1.74 bits per heavy atom. The average molecular weight is 400 g/mol. The van der Waals surface area contributed by atoms with Crippen molar-refractivity contribution in [3.63, 3.8) is 0 Å². The number of hydrogen-bond acceptors (Lipinski definition) is 5. The Bertz CT molecular complexity index is 950. The van der Waals surface area contributed by atoms with Crippen LogP contribution >= 0.6 is 0 Å². The van der Waals surface area contributed by atoms with E-state index in [0.29, 0.717) is 11.8 Å². The number of nitrogens with one attached hydrogen (secondary N) is 1. The minimum Gasteiger partial charge on any atom is -0.493 e. The Hall–Kier alpha value is -2.88. The highest BCUT2D eigenvalue weighted by atomic mass is 32.2. The molecule has 0 fully saturated rings. The minimum absolute atomic E-state index is 0.157. The van der Waals surface area contributed by atoms with E-state index in [9.17, 15) is 22.0 Å². The summed E-state index contributed by atoms with van der Waals surface area (Å²) in [5.41, 5.74) is -0.105. The van der Waals surface area contributed by atoms with Crippen LogP contribution in [0.3, 0.4) is 0 Å². The smallest absolute Gasteiger partial charge is 0.245 e. The van der Waals surface area contributed by atoms with Crippen molar-refractivity contribution in [3.8, 4) is 11.5 Å². The maximum Gasteiger partial charge on any atom is 0.245 e. The van der Waals surface area contributed by atoms with Crippen LogP contribution in [0.4, 0.5) is 20.2 Å². The number of amides is 1. The van der Waals surface area contributed by atoms with Crippen molar-refractivity contribution >= 4 is 27.3 Å². The molecule has 2 aromatic rings. The zero-order valence-corrected chi connectivity index (χ0v) is 15.6. The van der Waals surface area contributed by atoms with Gasteiger partial charge in [0.05, 0.1) is 31.9 Å². The molecule has 27 heavy (non-hydrogen) atoms. The Morgan fingerprint density at radius 3 is 2.30 bits per heavy atom. The van der Waals surface area contributed by atoms with Gasteiger partial charge < -0.3 is 14.8 Å². The number of ether oxygens (including phenoxy) is 2. The van der Waals surface area contributed by atoms with Gasteiger partial charge in [0.15, 0.2) is 11.5 Å². The molecule has 10 heteroatoms. The first-order valence-corrected chi connectivity index (χ1v) is 9.45. The van der Waals surface area contributed by atoms with Crippen LogP contribution < -0.4 is 19.1 Å². The summed E-state index contributed by atoms with van der Waals surface area (Å²) in [6, 6.07) is 6.95. The first kappa shape index (κ1) is 20.4. The van der Waals surface area contributed by atoms with Gasteiger partial charge in [0.2, 0.25) is 15.9 Å². The van der Waals surface area contributed by atoms with Crippen LogP contribution in [-0.4, -0.2) is 41.3 Å². The van der Waals surface area contributed by atoms with Crippen LogP contribution in [0.15, 0.2) is 36.4 Å². The molecular formula is C17H18F2N2O5S. The fraction of sp³-hybridized carbons (Fsp3) is 0.235. The maximum atomic E-state index is 13.7. The molecule has 2 rings (SSSR count). The number of carbonyl (C=O) groups is 1. The van der Waals surface area contributed by atoms with Crippen LogP contribution in [-0.2, 0) is 14.8 Å². The molecule has 0 aliphatic rings. The summed E-state index contributed by atoms with van der Waals surface area (Å²) in [6.45, 7) is -0.620. The predicted molar refractivity (Wildman–Crippen MR) is 96.7 cm³/mol. The zero-order chi connectivity index (χ0) is 20.2. The second-order valence-electron chi connectivity index (χ2n) is 5.48. The highest BCUT2D eigenvalue weighted by Crippen LogP contribution is 2.32. The summed E-state index contributed by atoms with van der Waals surface area (Å²) < 4.78 is 61.9. The lowest BCUT2D eigenvalue weighted by molar-refractivity contribution is -0.114. The van der Waals surface area contributed by atoms with Crippen molar-refractivity contribution < 1.29 is 31.5 Å². The number of hydrogen-bond donors (Lipinski definition) is 1. The fourth-order valence-electron chi connectivity index (χ4n) is 2.29.